The van der Waals surface area contributed by atoms with E-state index in [0.29, 0.717) is 0 Å². The van der Waals surface area contributed by atoms with Gasteiger partial charge in [0.15, 0.2) is 0 Å². The molecule has 9 heteroatoms. The third-order valence-electron chi connectivity index (χ3n) is 2.89. The minimum Gasteiger partial charge on any atom is -0.422 e. The molecule has 1 aromatic heterocycles. The van der Waals surface area contributed by atoms with Crippen molar-refractivity contribution in [1.82, 2.24) is 4.98 Å². The lowest BCUT2D eigenvalue weighted by Crippen LogP contribution is -2.44. The van der Waals surface area contributed by atoms with E-state index < -0.39 is 35.7 Å². The van der Waals surface area contributed by atoms with Gasteiger partial charge < -0.3 is 20.3 Å². The van der Waals surface area contributed by atoms with E-state index in [4.69, 9.17) is 20.3 Å². The van der Waals surface area contributed by atoms with Crippen LogP contribution in [0.15, 0.2) is 18.3 Å². The lowest BCUT2D eigenvalue weighted by molar-refractivity contribution is -0.137. The molecule has 1 aromatic rings. The van der Waals surface area contributed by atoms with Gasteiger partial charge in [0.1, 0.15) is 0 Å². The van der Waals surface area contributed by atoms with Crippen LogP contribution >= 0.6 is 0 Å². The van der Waals surface area contributed by atoms with Crippen LogP contribution in [0.3, 0.4) is 0 Å². The van der Waals surface area contributed by atoms with Crippen molar-refractivity contribution >= 4 is 12.7 Å². The number of rotatable bonds is 2. The Bertz CT molecular complexity index is 441. The molecule has 0 aromatic carbocycles. The number of aliphatic hydroxyl groups is 2. The summed E-state index contributed by atoms with van der Waals surface area (Å²) in [6.07, 6.45) is -3.56. The molecule has 0 bridgehead atoms. The zero-order valence-electron chi connectivity index (χ0n) is 12.2. The molecule has 0 aliphatic carbocycles. The van der Waals surface area contributed by atoms with Crippen molar-refractivity contribution in [2.75, 3.05) is 0 Å². The molecular weight excluding hydrogens is 290 g/mol. The van der Waals surface area contributed by atoms with E-state index in [1.54, 1.807) is 27.7 Å². The predicted octanol–water partition coefficient (Wildman–Crippen LogP) is 0.308. The highest BCUT2D eigenvalue weighted by Crippen LogP contribution is 2.27. The highest BCUT2D eigenvalue weighted by Gasteiger charge is 2.36. The fourth-order valence-electron chi connectivity index (χ4n) is 0.863. The van der Waals surface area contributed by atoms with E-state index in [0.717, 1.165) is 18.3 Å². The van der Waals surface area contributed by atoms with Crippen molar-refractivity contribution in [1.29, 1.82) is 0 Å². The summed E-state index contributed by atoms with van der Waals surface area (Å²) in [6.45, 7) is 6.31. The molecular formula is C12H19BF3NO4. The maximum atomic E-state index is 12.1. The van der Waals surface area contributed by atoms with Gasteiger partial charge in [-0.1, -0.05) is 0 Å². The molecule has 1 heterocycles. The third kappa shape index (κ3) is 6.43. The van der Waals surface area contributed by atoms with E-state index in [1.807, 2.05) is 0 Å². The highest BCUT2D eigenvalue weighted by molar-refractivity contribution is 6.58. The van der Waals surface area contributed by atoms with Crippen LogP contribution < -0.4 is 5.59 Å². The number of halogens is 3. The Balaban J connectivity index is 0.000000433. The second kappa shape index (κ2) is 6.74. The smallest absolute Gasteiger partial charge is 0.422 e. The summed E-state index contributed by atoms with van der Waals surface area (Å²) >= 11 is 0. The zero-order valence-corrected chi connectivity index (χ0v) is 12.2. The summed E-state index contributed by atoms with van der Waals surface area (Å²) in [6, 6.07) is 1.82. The molecule has 0 saturated heterocycles. The molecule has 5 nitrogen and oxygen atoms in total. The molecule has 0 aliphatic rings. The Hall–Kier alpha value is -1.16. The minimum atomic E-state index is -4.62. The molecule has 1 rings (SSSR count). The van der Waals surface area contributed by atoms with E-state index in [2.05, 4.69) is 4.98 Å². The second-order valence-corrected chi connectivity index (χ2v) is 5.43. The molecule has 0 unspecified atom stereocenters. The third-order valence-corrected chi connectivity index (χ3v) is 2.89. The summed E-state index contributed by atoms with van der Waals surface area (Å²) in [7, 11) is -2.21. The number of hydrogen-bond acceptors (Lipinski definition) is 5. The molecule has 0 radical (unpaired) electrons. The highest BCUT2D eigenvalue weighted by atomic mass is 19.4. The van der Waals surface area contributed by atoms with Gasteiger partial charge in [0.05, 0.1) is 22.4 Å². The SMILES string of the molecule is CC(C)(O)C(C)(C)O.OB(O)c1ncccc1C(F)(F)F. The monoisotopic (exact) mass is 309 g/mol. The molecule has 0 fully saturated rings. The Morgan fingerprint density at radius 2 is 1.43 bits per heavy atom. The van der Waals surface area contributed by atoms with Crippen molar-refractivity contribution in [3.8, 4) is 0 Å². The van der Waals surface area contributed by atoms with Crippen LogP contribution in [0.2, 0.25) is 0 Å². The van der Waals surface area contributed by atoms with Gasteiger partial charge in [-0.2, -0.15) is 13.2 Å². The quantitative estimate of drug-likeness (QED) is 0.590. The van der Waals surface area contributed by atoms with Gasteiger partial charge >= 0.3 is 13.3 Å². The summed E-state index contributed by atoms with van der Waals surface area (Å²) in [5.41, 5.74) is -3.93. The van der Waals surface area contributed by atoms with Gasteiger partial charge in [-0.15, -0.1) is 0 Å². The van der Waals surface area contributed by atoms with Crippen LogP contribution in [0, 0.1) is 0 Å². The van der Waals surface area contributed by atoms with E-state index >= 15 is 0 Å². The summed E-state index contributed by atoms with van der Waals surface area (Å²) in [5.74, 6) is 0. The van der Waals surface area contributed by atoms with Crippen molar-refractivity contribution < 1.29 is 33.4 Å². The zero-order chi connectivity index (χ0) is 17.1. The number of aromatic nitrogens is 1. The first-order valence-corrected chi connectivity index (χ1v) is 6.01. The van der Waals surface area contributed by atoms with Crippen LogP contribution in [-0.2, 0) is 6.18 Å². The first-order chi connectivity index (χ1) is 9.18. The van der Waals surface area contributed by atoms with Crippen LogP contribution in [0.4, 0.5) is 13.2 Å². The van der Waals surface area contributed by atoms with Crippen molar-refractivity contribution in [3.63, 3.8) is 0 Å². The van der Waals surface area contributed by atoms with Crippen molar-refractivity contribution in [2.24, 2.45) is 0 Å². The van der Waals surface area contributed by atoms with Crippen molar-refractivity contribution in [3.05, 3.63) is 23.9 Å². The number of pyridine rings is 1. The van der Waals surface area contributed by atoms with Crippen molar-refractivity contribution in [2.45, 2.75) is 45.1 Å². The summed E-state index contributed by atoms with van der Waals surface area (Å²) < 4.78 is 36.4. The molecule has 4 N–H and O–H groups in total. The predicted molar refractivity (Wildman–Crippen MR) is 71.7 cm³/mol. The van der Waals surface area contributed by atoms with Gasteiger partial charge in [0, 0.05) is 6.20 Å². The normalized spacial score (nSPS) is 12.5. The number of alkyl halides is 3. The lowest BCUT2D eigenvalue weighted by atomic mass is 9.82. The van der Waals surface area contributed by atoms with Gasteiger partial charge in [0.25, 0.3) is 0 Å². The fourth-order valence-corrected chi connectivity index (χ4v) is 0.863. The Morgan fingerprint density at radius 1 is 1.00 bits per heavy atom. The van der Waals surface area contributed by atoms with Crippen LogP contribution in [0.25, 0.3) is 0 Å². The Labute approximate surface area is 121 Å². The van der Waals surface area contributed by atoms with E-state index in [9.17, 15) is 13.2 Å². The van der Waals surface area contributed by atoms with Crippen LogP contribution in [0.5, 0.6) is 0 Å². The average Bonchev–Trinajstić information content (AvgIpc) is 2.26. The molecule has 0 spiro atoms. The Kier molecular flexibility index (Phi) is 6.37. The molecule has 120 valence electrons. The number of nitrogens with zero attached hydrogens (tertiary/aromatic N) is 1. The first-order valence-electron chi connectivity index (χ1n) is 6.01. The average molecular weight is 309 g/mol. The van der Waals surface area contributed by atoms with E-state index in [1.165, 1.54) is 0 Å². The van der Waals surface area contributed by atoms with Gasteiger partial charge in [-0.3, -0.25) is 4.98 Å². The minimum absolute atomic E-state index is 0.738. The summed E-state index contributed by atoms with van der Waals surface area (Å²) in [4.78, 5) is 3.22. The largest absolute Gasteiger partial charge is 0.508 e. The maximum absolute atomic E-state index is 12.1. The first kappa shape index (κ1) is 19.8. The number of hydrogen-bond donors (Lipinski definition) is 4. The molecule has 0 aliphatic heterocycles. The maximum Gasteiger partial charge on any atom is 0.508 e. The molecule has 0 amide bonds. The fraction of sp³-hybridized carbons (Fsp3) is 0.583. The Morgan fingerprint density at radius 3 is 1.67 bits per heavy atom. The van der Waals surface area contributed by atoms with E-state index in [-0.39, 0.29) is 0 Å². The lowest BCUT2D eigenvalue weighted by Gasteiger charge is -2.31. The second-order valence-electron chi connectivity index (χ2n) is 5.43. The van der Waals surface area contributed by atoms with Gasteiger partial charge in [0.2, 0.25) is 0 Å². The van der Waals surface area contributed by atoms with Gasteiger partial charge in [-0.05, 0) is 39.8 Å². The topological polar surface area (TPSA) is 93.8 Å². The summed E-state index contributed by atoms with van der Waals surface area (Å²) in [5, 5.41) is 35.3. The van der Waals surface area contributed by atoms with Crippen LogP contribution in [-0.4, -0.2) is 43.6 Å². The standard InChI is InChI=1S/C6H5BF3NO2.C6H14O2/c8-6(9,10)4-2-1-3-11-5(4)7(12)13;1-5(2,7)6(3,4)8/h1-3,12-13H;7-8H,1-4H3. The van der Waals surface area contributed by atoms with Gasteiger partial charge in [-0.25, -0.2) is 0 Å². The van der Waals surface area contributed by atoms with Crippen LogP contribution in [0.1, 0.15) is 33.3 Å². The molecule has 21 heavy (non-hydrogen) atoms. The molecule has 0 atom stereocenters. The molecule has 0 saturated carbocycles.